The number of ether oxygens (including phenoxy) is 1. The second kappa shape index (κ2) is 10.2. The summed E-state index contributed by atoms with van der Waals surface area (Å²) in [6.45, 7) is -0.237. The molecule has 10 heteroatoms. The molecular formula is C24H23N3O7. The van der Waals surface area contributed by atoms with E-state index >= 15 is 0 Å². The predicted molar refractivity (Wildman–Crippen MR) is 119 cm³/mol. The average molecular weight is 465 g/mol. The summed E-state index contributed by atoms with van der Waals surface area (Å²) >= 11 is 0. The molecule has 2 amide bonds. The molecule has 4 N–H and O–H groups in total. The number of rotatable bonds is 9. The Bertz CT molecular complexity index is 1160. The molecule has 1 aliphatic carbocycles. The maximum Gasteiger partial charge on any atom is 0.407 e. The number of carboxylic acids is 1. The molecule has 0 saturated heterocycles. The fourth-order valence-corrected chi connectivity index (χ4v) is 3.96. The molecular weight excluding hydrogens is 442 g/mol. The number of aromatic carboxylic acids is 1. The zero-order valence-electron chi connectivity index (χ0n) is 18.1. The lowest BCUT2D eigenvalue weighted by molar-refractivity contribution is -0.123. The van der Waals surface area contributed by atoms with Crippen molar-refractivity contribution in [3.8, 4) is 11.1 Å². The molecule has 0 saturated carbocycles. The summed E-state index contributed by atoms with van der Waals surface area (Å²) in [5.41, 5.74) is 4.12. The molecule has 0 fully saturated rings. The van der Waals surface area contributed by atoms with Crippen LogP contribution in [0, 0.1) is 0 Å². The minimum absolute atomic E-state index is 0.00731. The fourth-order valence-electron chi connectivity index (χ4n) is 3.96. The van der Waals surface area contributed by atoms with Gasteiger partial charge in [0.25, 0.3) is 0 Å². The minimum Gasteiger partial charge on any atom is -0.476 e. The summed E-state index contributed by atoms with van der Waals surface area (Å²) in [7, 11) is 0. The highest BCUT2D eigenvalue weighted by Crippen LogP contribution is 2.44. The lowest BCUT2D eigenvalue weighted by Crippen LogP contribution is -2.36. The SMILES string of the molecule is O=C(CC(O)CNC(=O)OCC1c2ccccc2-c2ccccc21)NCc1ocnc1C(=O)O. The number of amides is 2. The highest BCUT2D eigenvalue weighted by molar-refractivity contribution is 5.86. The largest absolute Gasteiger partial charge is 0.476 e. The molecule has 1 aromatic heterocycles. The lowest BCUT2D eigenvalue weighted by Gasteiger charge is -2.16. The van der Waals surface area contributed by atoms with Gasteiger partial charge in [0.05, 0.1) is 19.1 Å². The molecule has 3 aromatic rings. The first-order valence-electron chi connectivity index (χ1n) is 10.6. The van der Waals surface area contributed by atoms with Crippen molar-refractivity contribution in [1.82, 2.24) is 15.6 Å². The molecule has 176 valence electrons. The van der Waals surface area contributed by atoms with Crippen LogP contribution < -0.4 is 10.6 Å². The van der Waals surface area contributed by atoms with Crippen LogP contribution in [0.25, 0.3) is 11.1 Å². The van der Waals surface area contributed by atoms with Gasteiger partial charge in [-0.2, -0.15) is 0 Å². The van der Waals surface area contributed by atoms with Crippen LogP contribution in [0.5, 0.6) is 0 Å². The first-order chi connectivity index (χ1) is 16.4. The van der Waals surface area contributed by atoms with E-state index in [2.05, 4.69) is 15.6 Å². The maximum absolute atomic E-state index is 12.2. The Kier molecular flexibility index (Phi) is 6.88. The van der Waals surface area contributed by atoms with Crippen LogP contribution in [0.3, 0.4) is 0 Å². The van der Waals surface area contributed by atoms with Crippen molar-refractivity contribution in [3.05, 3.63) is 77.5 Å². The highest BCUT2D eigenvalue weighted by atomic mass is 16.5. The van der Waals surface area contributed by atoms with E-state index in [4.69, 9.17) is 14.3 Å². The lowest BCUT2D eigenvalue weighted by atomic mass is 9.98. The molecule has 2 aromatic carbocycles. The Morgan fingerprint density at radius 1 is 1.03 bits per heavy atom. The monoisotopic (exact) mass is 465 g/mol. The number of aromatic nitrogens is 1. The number of nitrogens with one attached hydrogen (secondary N) is 2. The van der Waals surface area contributed by atoms with Gasteiger partial charge in [-0.25, -0.2) is 14.6 Å². The normalized spacial score (nSPS) is 13.0. The van der Waals surface area contributed by atoms with Gasteiger partial charge in [-0.15, -0.1) is 0 Å². The number of hydrogen-bond donors (Lipinski definition) is 4. The summed E-state index contributed by atoms with van der Waals surface area (Å²) in [5, 5.41) is 23.9. The fraction of sp³-hybridized carbons (Fsp3) is 0.250. The maximum atomic E-state index is 12.2. The second-order valence-electron chi connectivity index (χ2n) is 7.77. The van der Waals surface area contributed by atoms with Crippen molar-refractivity contribution in [1.29, 1.82) is 0 Å². The highest BCUT2D eigenvalue weighted by Gasteiger charge is 2.29. The number of carboxylic acid groups (broad SMARTS) is 1. The molecule has 10 nitrogen and oxygen atoms in total. The van der Waals surface area contributed by atoms with E-state index in [1.165, 1.54) is 0 Å². The van der Waals surface area contributed by atoms with Crippen LogP contribution >= 0.6 is 0 Å². The van der Waals surface area contributed by atoms with Crippen LogP contribution in [0.15, 0.2) is 59.3 Å². The van der Waals surface area contributed by atoms with E-state index in [0.717, 1.165) is 28.6 Å². The van der Waals surface area contributed by atoms with E-state index in [0.29, 0.717) is 0 Å². The van der Waals surface area contributed by atoms with E-state index in [1.54, 1.807) is 0 Å². The van der Waals surface area contributed by atoms with Gasteiger partial charge in [-0.05, 0) is 22.3 Å². The Balaban J connectivity index is 1.22. The summed E-state index contributed by atoms with van der Waals surface area (Å²) in [4.78, 5) is 38.7. The molecule has 4 rings (SSSR count). The van der Waals surface area contributed by atoms with Crippen molar-refractivity contribution >= 4 is 18.0 Å². The first kappa shape index (κ1) is 23.0. The number of benzene rings is 2. The van der Waals surface area contributed by atoms with Crippen LogP contribution in [-0.2, 0) is 16.1 Å². The van der Waals surface area contributed by atoms with Crippen LogP contribution in [-0.4, -0.2) is 52.4 Å². The summed E-state index contributed by atoms with van der Waals surface area (Å²) in [5.74, 6) is -1.91. The Morgan fingerprint density at radius 2 is 1.68 bits per heavy atom. The van der Waals surface area contributed by atoms with Gasteiger partial charge < -0.3 is 30.0 Å². The number of hydrogen-bond acceptors (Lipinski definition) is 7. The van der Waals surface area contributed by atoms with Gasteiger partial charge in [-0.3, -0.25) is 4.79 Å². The number of alkyl carbamates (subject to hydrolysis) is 1. The van der Waals surface area contributed by atoms with E-state index in [1.807, 2.05) is 48.5 Å². The number of carbonyl (C=O) groups excluding carboxylic acids is 2. The summed E-state index contributed by atoms with van der Waals surface area (Å²) in [6, 6.07) is 16.0. The van der Waals surface area contributed by atoms with Crippen molar-refractivity contribution in [2.24, 2.45) is 0 Å². The van der Waals surface area contributed by atoms with Crippen molar-refractivity contribution in [3.63, 3.8) is 0 Å². The van der Waals surface area contributed by atoms with Crippen molar-refractivity contribution in [2.45, 2.75) is 25.0 Å². The molecule has 1 unspecified atom stereocenters. The van der Waals surface area contributed by atoms with Crippen LogP contribution in [0.2, 0.25) is 0 Å². The Labute approximate surface area is 194 Å². The summed E-state index contributed by atoms with van der Waals surface area (Å²) < 4.78 is 10.3. The average Bonchev–Trinajstić information content (AvgIpc) is 3.43. The molecule has 0 bridgehead atoms. The molecule has 1 atom stereocenters. The van der Waals surface area contributed by atoms with Gasteiger partial charge >= 0.3 is 12.1 Å². The van der Waals surface area contributed by atoms with Gasteiger partial charge in [0.2, 0.25) is 5.91 Å². The van der Waals surface area contributed by atoms with Crippen molar-refractivity contribution < 1.29 is 33.8 Å². The van der Waals surface area contributed by atoms with E-state index in [9.17, 15) is 19.5 Å². The number of oxazole rings is 1. The molecule has 1 aliphatic rings. The number of aliphatic hydroxyl groups is 1. The van der Waals surface area contributed by atoms with Gasteiger partial charge in [-0.1, -0.05) is 48.5 Å². The zero-order valence-corrected chi connectivity index (χ0v) is 18.1. The summed E-state index contributed by atoms with van der Waals surface area (Å²) in [6.07, 6.45) is -1.19. The topological polar surface area (TPSA) is 151 Å². The van der Waals surface area contributed by atoms with Gasteiger partial charge in [0.15, 0.2) is 17.8 Å². The standard InChI is InChI=1S/C24H23N3O7/c28-14(9-21(29)25-11-20-22(23(30)31)27-13-34-20)10-26-24(32)33-12-19-17-7-3-1-5-15(17)16-6-2-4-8-18(16)19/h1-8,13-14,19,28H,9-12H2,(H,25,29)(H,26,32)(H,30,31). The Hall–Kier alpha value is -4.18. The van der Waals surface area contributed by atoms with Gasteiger partial charge in [0, 0.05) is 12.5 Å². The van der Waals surface area contributed by atoms with E-state index < -0.39 is 24.1 Å². The number of nitrogens with zero attached hydrogens (tertiary/aromatic N) is 1. The Morgan fingerprint density at radius 3 is 2.32 bits per heavy atom. The number of fused-ring (bicyclic) bond motifs is 3. The predicted octanol–water partition coefficient (Wildman–Crippen LogP) is 2.28. The first-order valence-corrected chi connectivity index (χ1v) is 10.6. The number of carbonyl (C=O) groups is 3. The third-order valence-electron chi connectivity index (χ3n) is 5.54. The van der Waals surface area contributed by atoms with Crippen LogP contribution in [0.1, 0.15) is 39.7 Å². The number of aliphatic hydroxyl groups excluding tert-OH is 1. The van der Waals surface area contributed by atoms with Crippen LogP contribution in [0.4, 0.5) is 4.79 Å². The van der Waals surface area contributed by atoms with E-state index in [-0.39, 0.29) is 43.5 Å². The van der Waals surface area contributed by atoms with Gasteiger partial charge in [0.1, 0.15) is 6.61 Å². The quantitative estimate of drug-likeness (QED) is 0.376. The second-order valence-corrected chi connectivity index (χ2v) is 7.77. The zero-order chi connectivity index (χ0) is 24.1. The molecule has 34 heavy (non-hydrogen) atoms. The molecule has 1 heterocycles. The molecule has 0 spiro atoms. The minimum atomic E-state index is -1.27. The third-order valence-corrected chi connectivity index (χ3v) is 5.54. The smallest absolute Gasteiger partial charge is 0.407 e. The third kappa shape index (κ3) is 5.07. The van der Waals surface area contributed by atoms with Crippen molar-refractivity contribution in [2.75, 3.05) is 13.2 Å². The molecule has 0 aliphatic heterocycles. The molecule has 0 radical (unpaired) electrons.